The highest BCUT2D eigenvalue weighted by Gasteiger charge is 2.09. The monoisotopic (exact) mass is 384 g/mol. The molecule has 6 nitrogen and oxygen atoms in total. The molecule has 0 bridgehead atoms. The van der Waals surface area contributed by atoms with E-state index in [2.05, 4.69) is 27.5 Å². The van der Waals surface area contributed by atoms with Gasteiger partial charge in [-0.2, -0.15) is 0 Å². The maximum absolute atomic E-state index is 11.3. The Labute approximate surface area is 166 Å². The third-order valence-corrected chi connectivity index (χ3v) is 4.28. The number of hydrogen-bond acceptors (Lipinski definition) is 5. The van der Waals surface area contributed by atoms with Crippen LogP contribution in [0.5, 0.6) is 5.75 Å². The minimum absolute atomic E-state index is 0.0679. The van der Waals surface area contributed by atoms with Crippen LogP contribution in [-0.4, -0.2) is 32.1 Å². The maximum Gasteiger partial charge on any atom is 0.343 e. The van der Waals surface area contributed by atoms with Crippen LogP contribution < -0.4 is 15.4 Å². The number of methoxy groups -OCH3 is 1. The molecule has 0 unspecified atom stereocenters. The highest BCUT2D eigenvalue weighted by atomic mass is 16.6. The Hall–Kier alpha value is -2.86. The van der Waals surface area contributed by atoms with E-state index in [9.17, 15) is 9.59 Å². The molecule has 0 aromatic heterocycles. The molecule has 150 valence electrons. The first-order valence-electron chi connectivity index (χ1n) is 9.26. The van der Waals surface area contributed by atoms with Crippen molar-refractivity contribution in [2.45, 2.75) is 33.7 Å². The van der Waals surface area contributed by atoms with Crippen LogP contribution in [0.1, 0.15) is 29.2 Å². The molecule has 6 heteroatoms. The molecule has 0 aliphatic rings. The normalized spacial score (nSPS) is 10.4. The second-order valence-electron chi connectivity index (χ2n) is 6.73. The quantitative estimate of drug-likeness (QED) is 0.513. The number of carbonyl (C=O) groups is 2. The number of hydrogen-bond donors (Lipinski definition) is 2. The highest BCUT2D eigenvalue weighted by molar-refractivity contribution is 5.88. The molecule has 0 aliphatic carbocycles. The van der Waals surface area contributed by atoms with Gasteiger partial charge in [-0.25, -0.2) is 4.79 Å². The van der Waals surface area contributed by atoms with Gasteiger partial charge in [-0.1, -0.05) is 24.3 Å². The summed E-state index contributed by atoms with van der Waals surface area (Å²) in [5.41, 5.74) is 5.18. The average Bonchev–Trinajstić information content (AvgIpc) is 2.65. The number of nitrogens with one attached hydrogen (secondary N) is 2. The molecule has 0 spiro atoms. The zero-order chi connectivity index (χ0) is 20.5. The van der Waals surface area contributed by atoms with Crippen molar-refractivity contribution in [2.24, 2.45) is 0 Å². The number of esters is 1. The van der Waals surface area contributed by atoms with Crippen molar-refractivity contribution < 1.29 is 19.1 Å². The summed E-state index contributed by atoms with van der Waals surface area (Å²) >= 11 is 0. The average molecular weight is 384 g/mol. The summed E-state index contributed by atoms with van der Waals surface area (Å²) in [5.74, 6) is 0.268. The largest absolute Gasteiger partial charge is 0.481 e. The molecule has 0 saturated carbocycles. The Bertz CT molecular complexity index is 793. The molecular weight excluding hydrogens is 356 g/mol. The predicted octanol–water partition coefficient (Wildman–Crippen LogP) is 3.15. The molecule has 0 atom stereocenters. The van der Waals surface area contributed by atoms with Gasteiger partial charge >= 0.3 is 5.97 Å². The van der Waals surface area contributed by atoms with Crippen molar-refractivity contribution in [3.63, 3.8) is 0 Å². The molecule has 0 fully saturated rings. The number of rotatable bonds is 9. The van der Waals surface area contributed by atoms with E-state index >= 15 is 0 Å². The minimum atomic E-state index is -0.394. The first-order valence-corrected chi connectivity index (χ1v) is 9.26. The summed E-state index contributed by atoms with van der Waals surface area (Å²) in [6.07, 6.45) is 0.901. The van der Waals surface area contributed by atoms with E-state index in [0.717, 1.165) is 42.1 Å². The molecular formula is C22H28N2O4. The summed E-state index contributed by atoms with van der Waals surface area (Å²) in [4.78, 5) is 22.3. The minimum Gasteiger partial charge on any atom is -0.481 e. The number of amides is 1. The molecule has 0 radical (unpaired) electrons. The van der Waals surface area contributed by atoms with Crippen molar-refractivity contribution >= 4 is 17.6 Å². The lowest BCUT2D eigenvalue weighted by molar-refractivity contribution is -0.142. The Morgan fingerprint density at radius 3 is 2.21 bits per heavy atom. The Morgan fingerprint density at radius 2 is 1.64 bits per heavy atom. The molecule has 2 aromatic rings. The van der Waals surface area contributed by atoms with Crippen LogP contribution in [0.2, 0.25) is 0 Å². The van der Waals surface area contributed by atoms with Crippen LogP contribution in [-0.2, 0) is 27.3 Å². The van der Waals surface area contributed by atoms with Crippen LogP contribution in [0.25, 0.3) is 0 Å². The van der Waals surface area contributed by atoms with E-state index in [1.807, 2.05) is 38.1 Å². The lowest BCUT2D eigenvalue weighted by Gasteiger charge is -2.14. The van der Waals surface area contributed by atoms with Gasteiger partial charge in [0.15, 0.2) is 6.61 Å². The summed E-state index contributed by atoms with van der Waals surface area (Å²) in [6, 6.07) is 12.0. The first-order chi connectivity index (χ1) is 13.4. The van der Waals surface area contributed by atoms with Crippen molar-refractivity contribution in [1.29, 1.82) is 0 Å². The van der Waals surface area contributed by atoms with Crippen molar-refractivity contribution in [1.82, 2.24) is 5.32 Å². The maximum atomic E-state index is 11.3. The fourth-order valence-electron chi connectivity index (χ4n) is 2.98. The smallest absolute Gasteiger partial charge is 0.343 e. The molecule has 0 aliphatic heterocycles. The number of anilines is 1. The van der Waals surface area contributed by atoms with E-state index in [4.69, 9.17) is 4.74 Å². The van der Waals surface area contributed by atoms with Crippen LogP contribution >= 0.6 is 0 Å². The van der Waals surface area contributed by atoms with Gasteiger partial charge in [-0.3, -0.25) is 4.79 Å². The molecule has 0 heterocycles. The van der Waals surface area contributed by atoms with E-state index in [0.29, 0.717) is 0 Å². The standard InChI is InChI=1S/C22H28N2O4/c1-15-11-19(12-16(2)22(15)28-14-21(26)27-4)13-23-10-9-18-5-7-20(8-6-18)24-17(3)25/h5-8,11-12,23H,9-10,13-14H2,1-4H3,(H,24,25). The lowest BCUT2D eigenvalue weighted by atomic mass is 10.1. The second kappa shape index (κ2) is 10.5. The molecule has 2 rings (SSSR count). The fourth-order valence-corrected chi connectivity index (χ4v) is 2.98. The zero-order valence-electron chi connectivity index (χ0n) is 16.9. The summed E-state index contributed by atoms with van der Waals surface area (Å²) in [7, 11) is 1.34. The topological polar surface area (TPSA) is 76.7 Å². The fraction of sp³-hybridized carbons (Fsp3) is 0.364. The SMILES string of the molecule is COC(=O)COc1c(C)cc(CNCCc2ccc(NC(C)=O)cc2)cc1C. The van der Waals surface area contributed by atoms with E-state index < -0.39 is 5.97 Å². The van der Waals surface area contributed by atoms with Gasteiger partial charge < -0.3 is 20.1 Å². The predicted molar refractivity (Wildman–Crippen MR) is 110 cm³/mol. The van der Waals surface area contributed by atoms with Crippen molar-refractivity contribution in [3.8, 4) is 5.75 Å². The van der Waals surface area contributed by atoms with E-state index in [1.165, 1.54) is 25.2 Å². The molecule has 1 amide bonds. The number of benzene rings is 2. The number of aryl methyl sites for hydroxylation is 2. The third kappa shape index (κ3) is 6.70. The van der Waals surface area contributed by atoms with Crippen LogP contribution in [0.15, 0.2) is 36.4 Å². The molecule has 2 N–H and O–H groups in total. The van der Waals surface area contributed by atoms with Crippen molar-refractivity contribution in [3.05, 3.63) is 58.7 Å². The zero-order valence-corrected chi connectivity index (χ0v) is 16.9. The number of ether oxygens (including phenoxy) is 2. The Morgan fingerprint density at radius 1 is 1.00 bits per heavy atom. The Balaban J connectivity index is 1.82. The third-order valence-electron chi connectivity index (χ3n) is 4.28. The van der Waals surface area contributed by atoms with Crippen LogP contribution in [0, 0.1) is 13.8 Å². The number of carbonyl (C=O) groups excluding carboxylic acids is 2. The van der Waals surface area contributed by atoms with Crippen LogP contribution in [0.3, 0.4) is 0 Å². The van der Waals surface area contributed by atoms with Gasteiger partial charge in [0, 0.05) is 19.2 Å². The summed E-state index contributed by atoms with van der Waals surface area (Å²) in [5, 5.41) is 6.21. The van der Waals surface area contributed by atoms with Gasteiger partial charge in [0.05, 0.1) is 7.11 Å². The van der Waals surface area contributed by atoms with Crippen molar-refractivity contribution in [2.75, 3.05) is 25.6 Å². The van der Waals surface area contributed by atoms with Gasteiger partial charge in [0.25, 0.3) is 0 Å². The van der Waals surface area contributed by atoms with Gasteiger partial charge in [-0.15, -0.1) is 0 Å². The van der Waals surface area contributed by atoms with Gasteiger partial charge in [0.2, 0.25) is 5.91 Å². The molecule has 28 heavy (non-hydrogen) atoms. The van der Waals surface area contributed by atoms with E-state index in [1.54, 1.807) is 0 Å². The molecule has 0 saturated heterocycles. The van der Waals surface area contributed by atoms with E-state index in [-0.39, 0.29) is 12.5 Å². The van der Waals surface area contributed by atoms with Gasteiger partial charge in [0.1, 0.15) is 5.75 Å². The van der Waals surface area contributed by atoms with Crippen LogP contribution in [0.4, 0.5) is 5.69 Å². The second-order valence-corrected chi connectivity index (χ2v) is 6.73. The highest BCUT2D eigenvalue weighted by Crippen LogP contribution is 2.25. The molecule has 2 aromatic carbocycles. The Kier molecular flexibility index (Phi) is 8.02. The summed E-state index contributed by atoms with van der Waals surface area (Å²) < 4.78 is 10.2. The first kappa shape index (κ1) is 21.4. The summed E-state index contributed by atoms with van der Waals surface area (Å²) in [6.45, 7) is 6.95. The van der Waals surface area contributed by atoms with Gasteiger partial charge in [-0.05, 0) is 61.2 Å². The lowest BCUT2D eigenvalue weighted by Crippen LogP contribution is -2.17.